The second-order valence-corrected chi connectivity index (χ2v) is 5.30. The van der Waals surface area contributed by atoms with Crippen LogP contribution in [0.25, 0.3) is 0 Å². The molecule has 0 spiro atoms. The summed E-state index contributed by atoms with van der Waals surface area (Å²) < 4.78 is 0. The highest BCUT2D eigenvalue weighted by Crippen LogP contribution is 2.16. The van der Waals surface area contributed by atoms with Gasteiger partial charge in [0.25, 0.3) is 0 Å². The third kappa shape index (κ3) is 5.45. The average molecular weight is 267 g/mol. The Hall–Kier alpha value is -1.16. The van der Waals surface area contributed by atoms with Crippen molar-refractivity contribution in [3.8, 4) is 0 Å². The van der Waals surface area contributed by atoms with Crippen LogP contribution in [0.5, 0.6) is 0 Å². The lowest BCUT2D eigenvalue weighted by molar-refractivity contribution is -0.136. The highest BCUT2D eigenvalue weighted by molar-refractivity contribution is 7.98. The lowest BCUT2D eigenvalue weighted by Crippen LogP contribution is -2.27. The molecule has 0 heterocycles. The summed E-state index contributed by atoms with van der Waals surface area (Å²) in [5, 5.41) is 8.79. The highest BCUT2D eigenvalue weighted by atomic mass is 32.2. The fraction of sp³-hybridized carbons (Fsp3) is 0.500. The van der Waals surface area contributed by atoms with E-state index in [1.54, 1.807) is 0 Å². The normalized spacial score (nSPS) is 10.3. The maximum Gasteiger partial charge on any atom is 0.305 e. The van der Waals surface area contributed by atoms with Crippen LogP contribution < -0.4 is 4.90 Å². The molecule has 0 radical (unpaired) electrons. The van der Waals surface area contributed by atoms with Crippen LogP contribution in [0.4, 0.5) is 5.69 Å². The van der Waals surface area contributed by atoms with E-state index in [1.807, 2.05) is 11.8 Å². The Bertz CT molecular complexity index is 365. The summed E-state index contributed by atoms with van der Waals surface area (Å²) in [6.45, 7) is 3.54. The van der Waals surface area contributed by atoms with Gasteiger partial charge in [-0.25, -0.2) is 0 Å². The molecule has 1 aromatic rings. The Morgan fingerprint density at radius 3 is 2.50 bits per heavy atom. The molecule has 0 bridgehead atoms. The van der Waals surface area contributed by atoms with Gasteiger partial charge in [0.1, 0.15) is 0 Å². The molecule has 0 saturated carbocycles. The van der Waals surface area contributed by atoms with E-state index < -0.39 is 5.97 Å². The van der Waals surface area contributed by atoms with Crippen molar-refractivity contribution in [3.05, 3.63) is 29.8 Å². The number of aryl methyl sites for hydroxylation is 1. The van der Waals surface area contributed by atoms with Gasteiger partial charge >= 0.3 is 5.97 Å². The third-order valence-electron chi connectivity index (χ3n) is 2.77. The molecule has 0 amide bonds. The minimum Gasteiger partial charge on any atom is -0.481 e. The van der Waals surface area contributed by atoms with E-state index in [4.69, 9.17) is 5.11 Å². The molecular formula is C14H21NO2S. The zero-order chi connectivity index (χ0) is 13.4. The number of hydrogen-bond donors (Lipinski definition) is 1. The minimum atomic E-state index is -0.739. The van der Waals surface area contributed by atoms with Crippen LogP contribution in [-0.4, -0.2) is 36.2 Å². The van der Waals surface area contributed by atoms with Crippen molar-refractivity contribution in [1.82, 2.24) is 0 Å². The molecule has 1 aromatic carbocycles. The van der Waals surface area contributed by atoms with E-state index in [0.717, 1.165) is 24.4 Å². The van der Waals surface area contributed by atoms with Gasteiger partial charge in [0.2, 0.25) is 0 Å². The number of rotatable bonds is 8. The SMILES string of the molecule is CSCCCN(CCC(=O)O)c1ccc(C)cc1. The molecule has 0 aromatic heterocycles. The van der Waals surface area contributed by atoms with Gasteiger partial charge in [-0.1, -0.05) is 17.7 Å². The number of benzene rings is 1. The molecule has 1 rings (SSSR count). The monoisotopic (exact) mass is 267 g/mol. The van der Waals surface area contributed by atoms with Gasteiger partial charge in [-0.05, 0) is 37.5 Å². The van der Waals surface area contributed by atoms with Crippen molar-refractivity contribution in [2.24, 2.45) is 0 Å². The van der Waals surface area contributed by atoms with Crippen molar-refractivity contribution in [2.45, 2.75) is 19.8 Å². The van der Waals surface area contributed by atoms with E-state index in [0.29, 0.717) is 6.54 Å². The molecule has 0 aliphatic heterocycles. The lowest BCUT2D eigenvalue weighted by Gasteiger charge is -2.24. The van der Waals surface area contributed by atoms with Crippen LogP contribution in [0.1, 0.15) is 18.4 Å². The zero-order valence-electron chi connectivity index (χ0n) is 11.1. The Balaban J connectivity index is 2.62. The van der Waals surface area contributed by atoms with Gasteiger partial charge in [0, 0.05) is 18.8 Å². The van der Waals surface area contributed by atoms with Crippen molar-refractivity contribution >= 4 is 23.4 Å². The van der Waals surface area contributed by atoms with Crippen LogP contribution in [0.3, 0.4) is 0 Å². The standard InChI is InChI=1S/C14H21NO2S/c1-12-4-6-13(7-5-12)15(9-3-11-18-2)10-8-14(16)17/h4-7H,3,8-11H2,1-2H3,(H,16,17). The molecule has 4 heteroatoms. The van der Waals surface area contributed by atoms with Gasteiger partial charge < -0.3 is 10.0 Å². The van der Waals surface area contributed by atoms with Crippen LogP contribution in [0.2, 0.25) is 0 Å². The lowest BCUT2D eigenvalue weighted by atomic mass is 10.2. The summed E-state index contributed by atoms with van der Waals surface area (Å²) in [4.78, 5) is 12.8. The topological polar surface area (TPSA) is 40.5 Å². The summed E-state index contributed by atoms with van der Waals surface area (Å²) in [5.41, 5.74) is 2.34. The summed E-state index contributed by atoms with van der Waals surface area (Å²) >= 11 is 1.82. The Morgan fingerprint density at radius 1 is 1.28 bits per heavy atom. The highest BCUT2D eigenvalue weighted by Gasteiger charge is 2.08. The first-order valence-corrected chi connectivity index (χ1v) is 7.55. The number of hydrogen-bond acceptors (Lipinski definition) is 3. The van der Waals surface area contributed by atoms with Gasteiger partial charge in [0.15, 0.2) is 0 Å². The van der Waals surface area contributed by atoms with Crippen LogP contribution >= 0.6 is 11.8 Å². The van der Waals surface area contributed by atoms with E-state index in [2.05, 4.69) is 42.3 Å². The number of anilines is 1. The van der Waals surface area contributed by atoms with Crippen molar-refractivity contribution < 1.29 is 9.90 Å². The van der Waals surface area contributed by atoms with Crippen molar-refractivity contribution in [2.75, 3.05) is 30.0 Å². The molecule has 100 valence electrons. The third-order valence-corrected chi connectivity index (χ3v) is 3.47. The maximum atomic E-state index is 10.7. The molecule has 0 aliphatic rings. The van der Waals surface area contributed by atoms with Gasteiger partial charge in [-0.15, -0.1) is 0 Å². The fourth-order valence-corrected chi connectivity index (χ4v) is 2.17. The molecule has 0 saturated heterocycles. The fourth-order valence-electron chi connectivity index (χ4n) is 1.76. The first kappa shape index (κ1) is 14.9. The van der Waals surface area contributed by atoms with Gasteiger partial charge in [-0.2, -0.15) is 11.8 Å². The first-order valence-electron chi connectivity index (χ1n) is 6.16. The van der Waals surface area contributed by atoms with Gasteiger partial charge in [-0.3, -0.25) is 4.79 Å². The maximum absolute atomic E-state index is 10.7. The van der Waals surface area contributed by atoms with E-state index in [9.17, 15) is 4.79 Å². The quantitative estimate of drug-likeness (QED) is 0.735. The molecule has 3 nitrogen and oxygen atoms in total. The minimum absolute atomic E-state index is 0.188. The summed E-state index contributed by atoms with van der Waals surface area (Å²) in [7, 11) is 0. The second-order valence-electron chi connectivity index (χ2n) is 4.31. The summed E-state index contributed by atoms with van der Waals surface area (Å²) in [6.07, 6.45) is 3.36. The summed E-state index contributed by atoms with van der Waals surface area (Å²) in [6, 6.07) is 8.27. The van der Waals surface area contributed by atoms with Crippen molar-refractivity contribution in [3.63, 3.8) is 0 Å². The molecule has 0 atom stereocenters. The van der Waals surface area contributed by atoms with E-state index in [1.165, 1.54) is 5.56 Å². The predicted octanol–water partition coefficient (Wildman–Crippen LogP) is 3.03. The smallest absolute Gasteiger partial charge is 0.305 e. The van der Waals surface area contributed by atoms with Crippen LogP contribution in [0, 0.1) is 6.92 Å². The average Bonchev–Trinajstić information content (AvgIpc) is 2.34. The number of thioether (sulfide) groups is 1. The number of aliphatic carboxylic acids is 1. The Labute approximate surface area is 113 Å². The number of nitrogens with zero attached hydrogens (tertiary/aromatic N) is 1. The molecule has 0 aliphatic carbocycles. The van der Waals surface area contributed by atoms with Crippen molar-refractivity contribution in [1.29, 1.82) is 0 Å². The largest absolute Gasteiger partial charge is 0.481 e. The van der Waals surface area contributed by atoms with E-state index in [-0.39, 0.29) is 6.42 Å². The zero-order valence-corrected chi connectivity index (χ0v) is 11.9. The Morgan fingerprint density at radius 2 is 1.94 bits per heavy atom. The molecule has 18 heavy (non-hydrogen) atoms. The second kappa shape index (κ2) is 8.03. The number of carboxylic acid groups (broad SMARTS) is 1. The summed E-state index contributed by atoms with van der Waals surface area (Å²) in [5.74, 6) is 0.368. The van der Waals surface area contributed by atoms with Gasteiger partial charge in [0.05, 0.1) is 6.42 Å². The van der Waals surface area contributed by atoms with E-state index >= 15 is 0 Å². The first-order chi connectivity index (χ1) is 8.63. The predicted molar refractivity (Wildman–Crippen MR) is 78.6 cm³/mol. The Kier molecular flexibility index (Phi) is 6.65. The van der Waals surface area contributed by atoms with Crippen LogP contribution in [0.15, 0.2) is 24.3 Å². The molecule has 0 unspecified atom stereocenters. The molecular weight excluding hydrogens is 246 g/mol. The molecule has 0 fully saturated rings. The number of carboxylic acids is 1. The molecule has 1 N–H and O–H groups in total. The van der Waals surface area contributed by atoms with Crippen LogP contribution in [-0.2, 0) is 4.79 Å². The number of carbonyl (C=O) groups is 1.